The first-order valence-electron chi connectivity index (χ1n) is 6.89. The average molecular weight is 352 g/mol. The molecule has 2 aromatic rings. The lowest BCUT2D eigenvalue weighted by molar-refractivity contribution is -0.137. The number of alkyl halides is 3. The quantitative estimate of drug-likeness (QED) is 0.678. The van der Waals surface area contributed by atoms with Crippen LogP contribution in [0.2, 0.25) is 0 Å². The summed E-state index contributed by atoms with van der Waals surface area (Å²) in [5.41, 5.74) is -0.0851. The fourth-order valence-electron chi connectivity index (χ4n) is 2.21. The van der Waals surface area contributed by atoms with Crippen molar-refractivity contribution in [1.82, 2.24) is 10.2 Å². The molecule has 1 aromatic carbocycles. The number of hydrogen-bond acceptors (Lipinski definition) is 3. The topological polar surface area (TPSA) is 45.5 Å². The second kappa shape index (κ2) is 6.12. The number of halogens is 3. The van der Waals surface area contributed by atoms with Gasteiger partial charge in [0.15, 0.2) is 5.11 Å². The first-order chi connectivity index (χ1) is 11.3. The molecule has 8 heteroatoms. The first-order valence-corrected chi connectivity index (χ1v) is 7.29. The van der Waals surface area contributed by atoms with E-state index in [-0.39, 0.29) is 23.3 Å². The molecule has 4 nitrogen and oxygen atoms in total. The summed E-state index contributed by atoms with van der Waals surface area (Å²) in [5, 5.41) is 2.98. The van der Waals surface area contributed by atoms with Crippen LogP contribution in [0.4, 0.5) is 13.2 Å². The third-order valence-electron chi connectivity index (χ3n) is 3.41. The van der Waals surface area contributed by atoms with Crippen LogP contribution in [0.3, 0.4) is 0 Å². The fourth-order valence-corrected chi connectivity index (χ4v) is 2.47. The number of benzene rings is 1. The molecule has 0 saturated carbocycles. The summed E-state index contributed by atoms with van der Waals surface area (Å²) in [6.45, 7) is 0.183. The Morgan fingerprint density at radius 1 is 1.21 bits per heavy atom. The number of nitrogens with one attached hydrogen (secondary N) is 1. The zero-order chi connectivity index (χ0) is 17.3. The Labute approximate surface area is 140 Å². The minimum Gasteiger partial charge on any atom is -0.467 e. The molecule has 1 aliphatic heterocycles. The van der Waals surface area contributed by atoms with E-state index in [1.54, 1.807) is 12.1 Å². The molecule has 3 rings (SSSR count). The van der Waals surface area contributed by atoms with Crippen molar-refractivity contribution in [2.45, 2.75) is 12.7 Å². The molecule has 0 aliphatic carbocycles. The van der Waals surface area contributed by atoms with Crippen molar-refractivity contribution in [2.24, 2.45) is 0 Å². The van der Waals surface area contributed by atoms with Gasteiger partial charge >= 0.3 is 6.18 Å². The Balaban J connectivity index is 1.78. The van der Waals surface area contributed by atoms with E-state index < -0.39 is 11.7 Å². The van der Waals surface area contributed by atoms with Gasteiger partial charge in [0.2, 0.25) is 0 Å². The lowest BCUT2D eigenvalue weighted by Crippen LogP contribution is -2.29. The molecule has 2 heterocycles. The van der Waals surface area contributed by atoms with Gasteiger partial charge in [0.1, 0.15) is 11.5 Å². The number of nitrogens with zero attached hydrogens (tertiary/aromatic N) is 1. The molecule has 1 fully saturated rings. The minimum atomic E-state index is -4.39. The van der Waals surface area contributed by atoms with Gasteiger partial charge in [-0.05, 0) is 48.1 Å². The second-order valence-corrected chi connectivity index (χ2v) is 5.47. The van der Waals surface area contributed by atoms with Crippen LogP contribution in [0.1, 0.15) is 16.9 Å². The summed E-state index contributed by atoms with van der Waals surface area (Å²) in [4.78, 5) is 13.7. The third kappa shape index (κ3) is 3.33. The van der Waals surface area contributed by atoms with Gasteiger partial charge in [-0.1, -0.05) is 12.1 Å². The zero-order valence-electron chi connectivity index (χ0n) is 12.1. The molecule has 0 spiro atoms. The average Bonchev–Trinajstić information content (AvgIpc) is 3.12. The zero-order valence-corrected chi connectivity index (χ0v) is 12.9. The van der Waals surface area contributed by atoms with E-state index in [4.69, 9.17) is 16.6 Å². The molecular formula is C16H11F3N2O2S. The number of hydrogen-bond donors (Lipinski definition) is 1. The number of thiocarbonyl (C=S) groups is 1. The van der Waals surface area contributed by atoms with E-state index in [1.807, 2.05) is 0 Å². The maximum absolute atomic E-state index is 12.6. The predicted molar refractivity (Wildman–Crippen MR) is 84.4 cm³/mol. The standard InChI is InChI=1S/C16H11F3N2O2S/c17-16(18,19)11-5-3-10(4-6-11)8-13-14(22)21(15(24)20-13)9-12-2-1-7-23-12/h1-8H,9H2,(H,20,24)/b13-8-. The van der Waals surface area contributed by atoms with Crippen molar-refractivity contribution < 1.29 is 22.4 Å². The van der Waals surface area contributed by atoms with Gasteiger partial charge in [-0.3, -0.25) is 9.69 Å². The van der Waals surface area contributed by atoms with Gasteiger partial charge in [-0.25, -0.2) is 0 Å². The summed E-state index contributed by atoms with van der Waals surface area (Å²) < 4.78 is 42.8. The van der Waals surface area contributed by atoms with Crippen LogP contribution in [0.25, 0.3) is 6.08 Å². The monoisotopic (exact) mass is 352 g/mol. The smallest absolute Gasteiger partial charge is 0.416 e. The molecule has 1 aliphatic rings. The molecule has 1 amide bonds. The first kappa shape index (κ1) is 16.3. The molecule has 0 bridgehead atoms. The summed E-state index contributed by atoms with van der Waals surface area (Å²) >= 11 is 5.12. The van der Waals surface area contributed by atoms with Crippen LogP contribution in [-0.2, 0) is 17.5 Å². The van der Waals surface area contributed by atoms with Gasteiger partial charge in [0, 0.05) is 0 Å². The Hall–Kier alpha value is -2.61. The highest BCUT2D eigenvalue weighted by molar-refractivity contribution is 7.80. The number of carbonyl (C=O) groups excluding carboxylic acids is 1. The van der Waals surface area contributed by atoms with E-state index >= 15 is 0 Å². The van der Waals surface area contributed by atoms with Crippen molar-refractivity contribution in [2.75, 3.05) is 0 Å². The molecule has 1 aromatic heterocycles. The van der Waals surface area contributed by atoms with Crippen molar-refractivity contribution in [1.29, 1.82) is 0 Å². The van der Waals surface area contributed by atoms with Gasteiger partial charge < -0.3 is 9.73 Å². The largest absolute Gasteiger partial charge is 0.467 e. The maximum atomic E-state index is 12.6. The minimum absolute atomic E-state index is 0.183. The Bertz CT molecular complexity index is 796. The van der Waals surface area contributed by atoms with Gasteiger partial charge in [0.05, 0.1) is 18.4 Å². The van der Waals surface area contributed by atoms with E-state index in [1.165, 1.54) is 29.4 Å². The predicted octanol–water partition coefficient (Wildman–Crippen LogP) is 3.56. The number of carbonyl (C=O) groups is 1. The fraction of sp³-hybridized carbons (Fsp3) is 0.125. The molecule has 1 N–H and O–H groups in total. The molecule has 0 unspecified atom stereocenters. The van der Waals surface area contributed by atoms with E-state index in [2.05, 4.69) is 5.32 Å². The lowest BCUT2D eigenvalue weighted by atomic mass is 10.1. The summed E-state index contributed by atoms with van der Waals surface area (Å²) in [6.07, 6.45) is -1.45. The van der Waals surface area contributed by atoms with Crippen LogP contribution < -0.4 is 5.32 Å². The number of rotatable bonds is 3. The summed E-state index contributed by atoms with van der Waals surface area (Å²) in [5.74, 6) is 0.208. The highest BCUT2D eigenvalue weighted by Gasteiger charge is 2.32. The van der Waals surface area contributed by atoms with E-state index in [0.717, 1.165) is 12.1 Å². The van der Waals surface area contributed by atoms with Gasteiger partial charge in [-0.15, -0.1) is 0 Å². The van der Waals surface area contributed by atoms with Crippen molar-refractivity contribution in [3.05, 3.63) is 65.2 Å². The van der Waals surface area contributed by atoms with Crippen molar-refractivity contribution in [3.8, 4) is 0 Å². The number of amides is 1. The van der Waals surface area contributed by atoms with Crippen LogP contribution in [0.15, 0.2) is 52.8 Å². The normalized spacial score (nSPS) is 16.8. The Kier molecular flexibility index (Phi) is 4.15. The van der Waals surface area contributed by atoms with Crippen molar-refractivity contribution >= 4 is 29.3 Å². The van der Waals surface area contributed by atoms with Crippen molar-refractivity contribution in [3.63, 3.8) is 0 Å². The molecule has 0 atom stereocenters. The third-order valence-corrected chi connectivity index (χ3v) is 3.73. The van der Waals surface area contributed by atoms with E-state index in [9.17, 15) is 18.0 Å². The molecule has 124 valence electrons. The highest BCUT2D eigenvalue weighted by Crippen LogP contribution is 2.29. The van der Waals surface area contributed by atoms with Gasteiger partial charge in [-0.2, -0.15) is 13.2 Å². The summed E-state index contributed by atoms with van der Waals surface area (Å²) in [7, 11) is 0. The Morgan fingerprint density at radius 2 is 1.92 bits per heavy atom. The van der Waals surface area contributed by atoms with E-state index in [0.29, 0.717) is 11.3 Å². The van der Waals surface area contributed by atoms with Crippen LogP contribution >= 0.6 is 12.2 Å². The van der Waals surface area contributed by atoms with Crippen LogP contribution in [0.5, 0.6) is 0 Å². The van der Waals surface area contributed by atoms with Crippen LogP contribution in [0, 0.1) is 0 Å². The highest BCUT2D eigenvalue weighted by atomic mass is 32.1. The second-order valence-electron chi connectivity index (χ2n) is 5.08. The van der Waals surface area contributed by atoms with Crippen LogP contribution in [-0.4, -0.2) is 15.9 Å². The molecule has 1 saturated heterocycles. The number of furan rings is 1. The Morgan fingerprint density at radius 3 is 2.50 bits per heavy atom. The SMILES string of the molecule is O=C1/C(=C/c2ccc(C(F)(F)F)cc2)NC(=S)N1Cc1ccco1. The lowest BCUT2D eigenvalue weighted by Gasteiger charge is -2.11. The van der Waals surface area contributed by atoms with Gasteiger partial charge in [0.25, 0.3) is 5.91 Å². The molecule has 0 radical (unpaired) electrons. The molecular weight excluding hydrogens is 341 g/mol. The summed E-state index contributed by atoms with van der Waals surface area (Å²) in [6, 6.07) is 7.93. The molecule has 24 heavy (non-hydrogen) atoms. The maximum Gasteiger partial charge on any atom is 0.416 e.